The summed E-state index contributed by atoms with van der Waals surface area (Å²) in [5.41, 5.74) is 0. The van der Waals surface area contributed by atoms with Crippen molar-refractivity contribution in [2.45, 2.75) is 271 Å². The second kappa shape index (κ2) is 51.9. The standard InChI is InChI=1S/C51H105NO6S.C2H6S/c1-7-11-15-19-24-31-39-49(40-32-25-20-16-12-8-2)57-50(54)41-33-26-23-27-35-43-52(45-46-53)44-36-30-34-42-51(55-47-37-28-21-17-13-9-3)58-59(5,6)56-48-38-29-22-18-14-10-4;1-3-2/h49,51,53H,7-48H2,1-6H3;1-2H3. The minimum atomic E-state index is -1.62. The van der Waals surface area contributed by atoms with E-state index in [0.29, 0.717) is 6.42 Å². The maximum Gasteiger partial charge on any atom is 0.306 e. The first-order chi connectivity index (χ1) is 30.2. The van der Waals surface area contributed by atoms with E-state index >= 15 is 0 Å². The van der Waals surface area contributed by atoms with Gasteiger partial charge in [0, 0.05) is 38.5 Å². The van der Waals surface area contributed by atoms with Crippen molar-refractivity contribution in [3.63, 3.8) is 0 Å². The van der Waals surface area contributed by atoms with E-state index in [0.717, 1.165) is 110 Å². The third-order valence-electron chi connectivity index (χ3n) is 11.7. The van der Waals surface area contributed by atoms with Crippen LogP contribution in [0.1, 0.15) is 259 Å². The molecule has 1 unspecified atom stereocenters. The second-order valence-corrected chi connectivity index (χ2v) is 22.0. The van der Waals surface area contributed by atoms with Gasteiger partial charge in [0.25, 0.3) is 0 Å². The molecule has 0 saturated carbocycles. The van der Waals surface area contributed by atoms with Crippen molar-refractivity contribution in [3.8, 4) is 0 Å². The molecule has 7 nitrogen and oxygen atoms in total. The van der Waals surface area contributed by atoms with Crippen LogP contribution in [0, 0.1) is 0 Å². The highest BCUT2D eigenvalue weighted by Gasteiger charge is 2.19. The molecule has 1 N–H and O–H groups in total. The molecule has 0 fully saturated rings. The van der Waals surface area contributed by atoms with Crippen molar-refractivity contribution in [2.24, 2.45) is 0 Å². The van der Waals surface area contributed by atoms with Crippen LogP contribution in [0.2, 0.25) is 0 Å². The lowest BCUT2D eigenvalue weighted by molar-refractivity contribution is -0.150. The van der Waals surface area contributed by atoms with E-state index in [-0.39, 0.29) is 25.0 Å². The van der Waals surface area contributed by atoms with E-state index in [9.17, 15) is 9.90 Å². The Morgan fingerprint density at radius 3 is 1.39 bits per heavy atom. The molecule has 0 radical (unpaired) electrons. The van der Waals surface area contributed by atoms with Crippen LogP contribution in [0.3, 0.4) is 0 Å². The zero-order valence-corrected chi connectivity index (χ0v) is 44.7. The van der Waals surface area contributed by atoms with Gasteiger partial charge in [-0.05, 0) is 89.8 Å². The lowest BCUT2D eigenvalue weighted by Gasteiger charge is -2.38. The lowest BCUT2D eigenvalue weighted by Crippen LogP contribution is -2.29. The summed E-state index contributed by atoms with van der Waals surface area (Å²) in [7, 11) is -1.62. The summed E-state index contributed by atoms with van der Waals surface area (Å²) < 4.78 is 25.2. The van der Waals surface area contributed by atoms with Crippen molar-refractivity contribution >= 4 is 28.3 Å². The van der Waals surface area contributed by atoms with Crippen LogP contribution in [0.5, 0.6) is 0 Å². The number of aliphatic hydroxyl groups excluding tert-OH is 1. The van der Waals surface area contributed by atoms with Crippen LogP contribution in [0.4, 0.5) is 0 Å². The van der Waals surface area contributed by atoms with Gasteiger partial charge >= 0.3 is 5.97 Å². The molecule has 1 atom stereocenters. The summed E-state index contributed by atoms with van der Waals surface area (Å²) >= 11 is 1.75. The Kier molecular flexibility index (Phi) is 53.7. The highest BCUT2D eigenvalue weighted by Crippen LogP contribution is 2.45. The molecule has 0 bridgehead atoms. The first kappa shape index (κ1) is 64.1. The molecule has 0 heterocycles. The van der Waals surface area contributed by atoms with Gasteiger partial charge in [0.05, 0.1) is 13.2 Å². The van der Waals surface area contributed by atoms with Gasteiger partial charge in [-0.15, -0.1) is 0 Å². The van der Waals surface area contributed by atoms with Crippen LogP contribution in [-0.2, 0) is 22.6 Å². The van der Waals surface area contributed by atoms with Crippen LogP contribution >= 0.6 is 22.4 Å². The lowest BCUT2D eigenvalue weighted by atomic mass is 10.0. The van der Waals surface area contributed by atoms with Gasteiger partial charge < -0.3 is 19.5 Å². The normalized spacial score (nSPS) is 12.6. The number of thioether (sulfide) groups is 1. The molecular formula is C53H111NO6S2. The molecule has 0 spiro atoms. The Hall–Kier alpha value is -0.0300. The summed E-state index contributed by atoms with van der Waals surface area (Å²) in [5, 5.41) is 9.75. The molecular weight excluding hydrogens is 811 g/mol. The number of aliphatic hydroxyl groups is 1. The summed E-state index contributed by atoms with van der Waals surface area (Å²) in [6.07, 6.45) is 51.1. The molecule has 0 aromatic heterocycles. The number of unbranched alkanes of at least 4 members (excludes halogenated alkanes) is 26. The zero-order chi connectivity index (χ0) is 46.0. The topological polar surface area (TPSA) is 77.5 Å². The van der Waals surface area contributed by atoms with Crippen LogP contribution in [-0.4, -0.2) is 92.8 Å². The van der Waals surface area contributed by atoms with E-state index in [1.54, 1.807) is 11.8 Å². The zero-order valence-electron chi connectivity index (χ0n) is 43.1. The van der Waals surface area contributed by atoms with Gasteiger partial charge in [-0.2, -0.15) is 22.4 Å². The predicted octanol–water partition coefficient (Wildman–Crippen LogP) is 16.6. The molecule has 0 rings (SSSR count). The minimum Gasteiger partial charge on any atom is -0.462 e. The number of esters is 1. The van der Waals surface area contributed by atoms with Crippen molar-refractivity contribution in [1.82, 2.24) is 4.90 Å². The SMILES string of the molecule is CCCCCCCCOC(CCCCCN(CCO)CCCCCCCC(=O)OC(CCCCCCCC)CCCCCCCC)OS(C)(C)OCCCCCCCC.CSC. The van der Waals surface area contributed by atoms with Crippen molar-refractivity contribution in [1.29, 1.82) is 0 Å². The van der Waals surface area contributed by atoms with E-state index in [1.165, 1.54) is 148 Å². The van der Waals surface area contributed by atoms with Gasteiger partial charge in [-0.3, -0.25) is 13.2 Å². The second-order valence-electron chi connectivity index (χ2n) is 18.5. The van der Waals surface area contributed by atoms with Gasteiger partial charge in [0.1, 0.15) is 6.10 Å². The maximum atomic E-state index is 12.8. The van der Waals surface area contributed by atoms with Crippen molar-refractivity contribution in [2.75, 3.05) is 64.5 Å². The van der Waals surface area contributed by atoms with Gasteiger partial charge in [0.15, 0.2) is 6.29 Å². The molecule has 0 saturated heterocycles. The number of carbonyl (C=O) groups excluding carboxylic acids is 1. The molecule has 0 aliphatic rings. The van der Waals surface area contributed by atoms with E-state index in [4.69, 9.17) is 17.8 Å². The molecule has 0 amide bonds. The molecule has 0 aromatic carbocycles. The summed E-state index contributed by atoms with van der Waals surface area (Å²) in [6.45, 7) is 13.6. The fourth-order valence-electron chi connectivity index (χ4n) is 7.93. The van der Waals surface area contributed by atoms with Gasteiger partial charge in [-0.25, -0.2) is 0 Å². The maximum absolute atomic E-state index is 12.8. The summed E-state index contributed by atoms with van der Waals surface area (Å²) in [5.74, 6) is 0.0186. The smallest absolute Gasteiger partial charge is 0.306 e. The average Bonchev–Trinajstić information content (AvgIpc) is 3.24. The highest BCUT2D eigenvalue weighted by molar-refractivity contribution is 8.24. The number of ether oxygens (including phenoxy) is 2. The first-order valence-electron chi connectivity index (χ1n) is 26.8. The van der Waals surface area contributed by atoms with E-state index in [1.807, 2.05) is 12.5 Å². The third-order valence-corrected chi connectivity index (χ3v) is 13.2. The van der Waals surface area contributed by atoms with Crippen LogP contribution < -0.4 is 0 Å². The Bertz CT molecular complexity index is 852. The largest absolute Gasteiger partial charge is 0.462 e. The van der Waals surface area contributed by atoms with Crippen molar-refractivity contribution < 1.29 is 27.7 Å². The molecule has 0 aromatic rings. The monoisotopic (exact) mass is 922 g/mol. The van der Waals surface area contributed by atoms with E-state index < -0.39 is 10.6 Å². The Balaban J connectivity index is 0. The van der Waals surface area contributed by atoms with Crippen LogP contribution in [0.15, 0.2) is 0 Å². The third kappa shape index (κ3) is 49.4. The molecule has 9 heteroatoms. The minimum absolute atomic E-state index is 0.0186. The first-order valence-corrected chi connectivity index (χ1v) is 30.8. The summed E-state index contributed by atoms with van der Waals surface area (Å²) in [6, 6.07) is 0. The van der Waals surface area contributed by atoms with Crippen LogP contribution in [0.25, 0.3) is 0 Å². The van der Waals surface area contributed by atoms with Gasteiger partial charge in [0.2, 0.25) is 0 Å². The Morgan fingerprint density at radius 2 is 0.903 bits per heavy atom. The molecule has 0 aliphatic carbocycles. The Morgan fingerprint density at radius 1 is 0.516 bits per heavy atom. The number of carbonyl (C=O) groups is 1. The fourth-order valence-corrected chi connectivity index (χ4v) is 9.17. The quantitative estimate of drug-likeness (QED) is 0.0367. The number of hydrogen-bond donors (Lipinski definition) is 1. The number of nitrogens with zero attached hydrogens (tertiary/aromatic N) is 1. The summed E-state index contributed by atoms with van der Waals surface area (Å²) in [4.78, 5) is 15.2. The molecule has 376 valence electrons. The molecule has 62 heavy (non-hydrogen) atoms. The predicted molar refractivity (Wildman–Crippen MR) is 278 cm³/mol. The van der Waals surface area contributed by atoms with E-state index in [2.05, 4.69) is 45.1 Å². The number of hydrogen-bond acceptors (Lipinski definition) is 8. The van der Waals surface area contributed by atoms with Crippen molar-refractivity contribution in [3.05, 3.63) is 0 Å². The highest BCUT2D eigenvalue weighted by atomic mass is 32.3. The number of rotatable bonds is 49. The average molecular weight is 923 g/mol. The fraction of sp³-hybridized carbons (Fsp3) is 0.981. The Labute approximate surface area is 394 Å². The molecule has 0 aliphatic heterocycles. The van der Waals surface area contributed by atoms with Gasteiger partial charge in [-0.1, -0.05) is 182 Å².